The number of imidazole rings is 1. The fourth-order valence-corrected chi connectivity index (χ4v) is 6.06. The number of ether oxygens (including phenoxy) is 2. The van der Waals surface area contributed by atoms with Crippen LogP contribution in [0.2, 0.25) is 0 Å². The second-order valence-corrected chi connectivity index (χ2v) is 11.0. The number of carbonyl (C=O) groups is 3. The Morgan fingerprint density at radius 2 is 1.83 bits per heavy atom. The number of halogens is 1. The quantitative estimate of drug-likeness (QED) is 0.415. The van der Waals surface area contributed by atoms with Gasteiger partial charge in [-0.05, 0) is 43.4 Å². The summed E-state index contributed by atoms with van der Waals surface area (Å²) in [4.78, 5) is 44.9. The van der Waals surface area contributed by atoms with Crippen molar-refractivity contribution in [3.05, 3.63) is 53.9 Å². The Kier molecular flexibility index (Phi) is 10.6. The second-order valence-electron chi connectivity index (χ2n) is 11.0. The fraction of sp³-hybridized carbons (Fsp3) is 0.600. The molecule has 1 aliphatic heterocycles. The molecule has 1 aliphatic carbocycles. The van der Waals surface area contributed by atoms with Crippen LogP contribution in [0.5, 0.6) is 0 Å². The summed E-state index contributed by atoms with van der Waals surface area (Å²) in [7, 11) is 1.89. The van der Waals surface area contributed by atoms with Crippen LogP contribution in [0.25, 0.3) is 0 Å². The molecule has 41 heavy (non-hydrogen) atoms. The lowest BCUT2D eigenvalue weighted by molar-refractivity contribution is -0.143. The lowest BCUT2D eigenvalue weighted by Gasteiger charge is -2.47. The van der Waals surface area contributed by atoms with Crippen molar-refractivity contribution in [3.8, 4) is 0 Å². The summed E-state index contributed by atoms with van der Waals surface area (Å²) in [5.74, 6) is -0.352. The molecule has 224 valence electrons. The molecule has 2 heterocycles. The molecule has 2 fully saturated rings. The maximum absolute atomic E-state index is 13.8. The third kappa shape index (κ3) is 8.20. The Morgan fingerprint density at radius 3 is 2.46 bits per heavy atom. The zero-order valence-corrected chi connectivity index (χ0v) is 24.1. The van der Waals surface area contributed by atoms with E-state index in [1.165, 1.54) is 18.6 Å². The first-order valence-corrected chi connectivity index (χ1v) is 14.7. The molecule has 0 unspecified atom stereocenters. The van der Waals surface area contributed by atoms with Crippen LogP contribution in [0.15, 0.2) is 36.8 Å². The van der Waals surface area contributed by atoms with Gasteiger partial charge in [0.2, 0.25) is 5.91 Å². The summed E-state index contributed by atoms with van der Waals surface area (Å²) in [5.41, 5.74) is 1.05. The van der Waals surface area contributed by atoms with Crippen LogP contribution in [0.1, 0.15) is 63.1 Å². The number of aromatic nitrogens is 2. The van der Waals surface area contributed by atoms with Crippen molar-refractivity contribution in [1.82, 2.24) is 25.1 Å². The Hall–Kier alpha value is -3.63. The van der Waals surface area contributed by atoms with E-state index in [1.807, 2.05) is 11.6 Å². The first-order valence-electron chi connectivity index (χ1n) is 14.7. The Bertz CT molecular complexity index is 1160. The largest absolute Gasteiger partial charge is 0.508 e. The Balaban J connectivity index is 1.42. The monoisotopic (exact) mass is 571 g/mol. The maximum atomic E-state index is 13.8. The highest BCUT2D eigenvalue weighted by Gasteiger charge is 2.46. The SMILES string of the molecule is CCOC(=O)OC1(C2CCCCC2)CCN(C(=O)[C@@H](Cc2ccc(F)cc2)NC(=O)NCCc2cncn2C)CC1. The normalized spacial score (nSPS) is 17.9. The molecule has 11 heteroatoms. The van der Waals surface area contributed by atoms with E-state index in [2.05, 4.69) is 15.6 Å². The number of rotatable bonds is 10. The van der Waals surface area contributed by atoms with Gasteiger partial charge in [0.05, 0.1) is 12.9 Å². The van der Waals surface area contributed by atoms with Crippen LogP contribution in [-0.2, 0) is 34.2 Å². The molecule has 4 rings (SSSR count). The lowest BCUT2D eigenvalue weighted by atomic mass is 9.72. The van der Waals surface area contributed by atoms with Crippen molar-refractivity contribution in [2.75, 3.05) is 26.2 Å². The molecular weight excluding hydrogens is 529 g/mol. The van der Waals surface area contributed by atoms with Gasteiger partial charge in [0.25, 0.3) is 0 Å². The number of nitrogens with zero attached hydrogens (tertiary/aromatic N) is 3. The number of amides is 3. The average molecular weight is 572 g/mol. The van der Waals surface area contributed by atoms with E-state index < -0.39 is 23.8 Å². The minimum atomic E-state index is -0.842. The van der Waals surface area contributed by atoms with Gasteiger partial charge in [0.1, 0.15) is 17.5 Å². The molecule has 1 saturated heterocycles. The molecule has 2 aromatic rings. The first-order chi connectivity index (χ1) is 19.8. The summed E-state index contributed by atoms with van der Waals surface area (Å²) in [6.07, 6.45) is 9.98. The maximum Gasteiger partial charge on any atom is 0.508 e. The van der Waals surface area contributed by atoms with E-state index in [1.54, 1.807) is 36.5 Å². The molecule has 1 atom stereocenters. The summed E-state index contributed by atoms with van der Waals surface area (Å²) < 4.78 is 26.5. The van der Waals surface area contributed by atoms with E-state index in [9.17, 15) is 18.8 Å². The summed E-state index contributed by atoms with van der Waals surface area (Å²) in [6, 6.07) is 4.63. The minimum Gasteiger partial charge on any atom is -0.435 e. The Morgan fingerprint density at radius 1 is 1.12 bits per heavy atom. The molecule has 10 nitrogen and oxygen atoms in total. The van der Waals surface area contributed by atoms with Crippen molar-refractivity contribution >= 4 is 18.1 Å². The summed E-state index contributed by atoms with van der Waals surface area (Å²) in [6.45, 7) is 3.17. The van der Waals surface area contributed by atoms with Crippen LogP contribution >= 0.6 is 0 Å². The van der Waals surface area contributed by atoms with Gasteiger partial charge < -0.3 is 29.6 Å². The van der Waals surface area contributed by atoms with Crippen LogP contribution in [-0.4, -0.2) is 70.4 Å². The topological polar surface area (TPSA) is 115 Å². The van der Waals surface area contributed by atoms with Crippen LogP contribution in [0.3, 0.4) is 0 Å². The molecule has 1 aromatic heterocycles. The molecular formula is C30H42FN5O5. The zero-order chi connectivity index (χ0) is 29.2. The molecule has 2 aliphatic rings. The number of aryl methyl sites for hydroxylation is 1. The Labute approximate surface area is 241 Å². The van der Waals surface area contributed by atoms with Gasteiger partial charge in [-0.2, -0.15) is 0 Å². The van der Waals surface area contributed by atoms with Crippen molar-refractivity contribution in [1.29, 1.82) is 0 Å². The molecule has 0 radical (unpaired) electrons. The van der Waals surface area contributed by atoms with Gasteiger partial charge in [-0.3, -0.25) is 4.79 Å². The number of carbonyl (C=O) groups excluding carboxylic acids is 3. The third-order valence-electron chi connectivity index (χ3n) is 8.36. The molecule has 3 amide bonds. The van der Waals surface area contributed by atoms with Crippen molar-refractivity contribution < 1.29 is 28.2 Å². The number of benzene rings is 1. The molecule has 0 bridgehead atoms. The van der Waals surface area contributed by atoms with Gasteiger partial charge in [0.15, 0.2) is 0 Å². The van der Waals surface area contributed by atoms with E-state index in [4.69, 9.17) is 9.47 Å². The van der Waals surface area contributed by atoms with E-state index in [0.29, 0.717) is 38.9 Å². The van der Waals surface area contributed by atoms with Crippen molar-refractivity contribution in [3.63, 3.8) is 0 Å². The number of urea groups is 1. The predicted molar refractivity (Wildman–Crippen MR) is 151 cm³/mol. The molecule has 1 aromatic carbocycles. The second kappa shape index (κ2) is 14.3. The van der Waals surface area contributed by atoms with Gasteiger partial charge >= 0.3 is 12.2 Å². The smallest absolute Gasteiger partial charge is 0.435 e. The van der Waals surface area contributed by atoms with E-state index in [0.717, 1.165) is 36.9 Å². The number of hydrogen-bond acceptors (Lipinski definition) is 6. The summed E-state index contributed by atoms with van der Waals surface area (Å²) >= 11 is 0. The molecule has 1 saturated carbocycles. The van der Waals surface area contributed by atoms with Crippen LogP contribution < -0.4 is 10.6 Å². The number of nitrogens with one attached hydrogen (secondary N) is 2. The van der Waals surface area contributed by atoms with Crippen LogP contribution in [0.4, 0.5) is 14.0 Å². The molecule has 2 N–H and O–H groups in total. The minimum absolute atomic E-state index is 0.218. The number of likely N-dealkylation sites (tertiary alicyclic amines) is 1. The number of piperidine rings is 1. The lowest BCUT2D eigenvalue weighted by Crippen LogP contribution is -2.58. The van der Waals surface area contributed by atoms with Gasteiger partial charge in [0, 0.05) is 64.3 Å². The van der Waals surface area contributed by atoms with Gasteiger partial charge in [-0.25, -0.2) is 19.0 Å². The number of hydrogen-bond donors (Lipinski definition) is 2. The highest BCUT2D eigenvalue weighted by atomic mass is 19.1. The predicted octanol–water partition coefficient (Wildman–Crippen LogP) is 4.13. The fourth-order valence-electron chi connectivity index (χ4n) is 6.06. The van der Waals surface area contributed by atoms with Crippen molar-refractivity contribution in [2.24, 2.45) is 13.0 Å². The van der Waals surface area contributed by atoms with Gasteiger partial charge in [-0.1, -0.05) is 31.4 Å². The standard InChI is InChI=1S/C30H42FN5O5/c1-3-40-29(39)41-30(23-7-5-4-6-8-23)14-17-36(18-15-30)27(37)26(19-22-9-11-24(31)12-10-22)34-28(38)33-16-13-25-20-32-21-35(25)2/h9-12,20-21,23,26H,3-8,13-19H2,1-2H3,(H2,33,34,38)/t26-/m1/s1. The zero-order valence-electron chi connectivity index (χ0n) is 24.1. The highest BCUT2D eigenvalue weighted by Crippen LogP contribution is 2.42. The summed E-state index contributed by atoms with van der Waals surface area (Å²) in [5, 5.41) is 5.67. The molecule has 0 spiro atoms. The third-order valence-corrected chi connectivity index (χ3v) is 8.36. The van der Waals surface area contributed by atoms with Crippen molar-refractivity contribution in [2.45, 2.75) is 76.4 Å². The van der Waals surface area contributed by atoms with Gasteiger partial charge in [-0.15, -0.1) is 0 Å². The van der Waals surface area contributed by atoms with E-state index in [-0.39, 0.29) is 30.7 Å². The van der Waals surface area contributed by atoms with Crippen LogP contribution in [0, 0.1) is 11.7 Å². The average Bonchev–Trinajstić information content (AvgIpc) is 3.38. The highest BCUT2D eigenvalue weighted by molar-refractivity contribution is 5.87. The van der Waals surface area contributed by atoms with E-state index >= 15 is 0 Å². The first kappa shape index (κ1) is 30.3.